The summed E-state index contributed by atoms with van der Waals surface area (Å²) in [6.07, 6.45) is -0.122. The second kappa shape index (κ2) is 9.00. The highest BCUT2D eigenvalue weighted by Crippen LogP contribution is 2.36. The molecule has 0 fully saturated rings. The Kier molecular flexibility index (Phi) is 6.22. The molecule has 3 rings (SSSR count). The van der Waals surface area contributed by atoms with Gasteiger partial charge >= 0.3 is 5.97 Å². The molecule has 1 heterocycles. The zero-order chi connectivity index (χ0) is 19.1. The molecule has 0 aliphatic carbocycles. The molecule has 0 aliphatic heterocycles. The smallest absolute Gasteiger partial charge is 0.305 e. The molecule has 3 aromatic rings. The Morgan fingerprint density at radius 1 is 1.00 bits per heavy atom. The highest BCUT2D eigenvalue weighted by Gasteiger charge is 2.18. The van der Waals surface area contributed by atoms with Crippen LogP contribution < -0.4 is 10.1 Å². The Balaban J connectivity index is 1.81. The van der Waals surface area contributed by atoms with Gasteiger partial charge in [0.2, 0.25) is 0 Å². The van der Waals surface area contributed by atoms with Crippen molar-refractivity contribution in [2.24, 2.45) is 0 Å². The molecular formula is C21H19NO4S. The van der Waals surface area contributed by atoms with Gasteiger partial charge in [-0.2, -0.15) is 0 Å². The van der Waals surface area contributed by atoms with E-state index in [0.717, 1.165) is 16.0 Å². The molecule has 0 radical (unpaired) electrons. The summed E-state index contributed by atoms with van der Waals surface area (Å²) in [6.45, 7) is 0.423. The number of hydrogen-bond donors (Lipinski definition) is 2. The minimum Gasteiger partial charge on any atom is -0.487 e. The van der Waals surface area contributed by atoms with Crippen molar-refractivity contribution < 1.29 is 19.4 Å². The fourth-order valence-corrected chi connectivity index (χ4v) is 3.51. The summed E-state index contributed by atoms with van der Waals surface area (Å²) in [5.74, 6) is -0.783. The number of thiophene rings is 1. The van der Waals surface area contributed by atoms with E-state index in [-0.39, 0.29) is 18.9 Å². The van der Waals surface area contributed by atoms with Gasteiger partial charge in [-0.05, 0) is 17.2 Å². The highest BCUT2D eigenvalue weighted by atomic mass is 32.1. The van der Waals surface area contributed by atoms with Crippen LogP contribution in [0, 0.1) is 0 Å². The topological polar surface area (TPSA) is 75.6 Å². The summed E-state index contributed by atoms with van der Waals surface area (Å²) < 4.78 is 5.91. The van der Waals surface area contributed by atoms with Crippen molar-refractivity contribution in [2.45, 2.75) is 13.0 Å². The normalized spacial score (nSPS) is 10.4. The van der Waals surface area contributed by atoms with Gasteiger partial charge in [0.05, 0.1) is 6.42 Å². The summed E-state index contributed by atoms with van der Waals surface area (Å²) in [7, 11) is 0. The van der Waals surface area contributed by atoms with Crippen molar-refractivity contribution >= 4 is 23.2 Å². The quantitative estimate of drug-likeness (QED) is 0.613. The Morgan fingerprint density at radius 3 is 2.33 bits per heavy atom. The number of nitrogens with one attached hydrogen (secondary N) is 1. The Morgan fingerprint density at radius 2 is 1.67 bits per heavy atom. The molecule has 2 aromatic carbocycles. The maximum atomic E-state index is 12.5. The zero-order valence-electron chi connectivity index (χ0n) is 14.6. The van der Waals surface area contributed by atoms with Crippen molar-refractivity contribution in [1.29, 1.82) is 0 Å². The van der Waals surface area contributed by atoms with E-state index >= 15 is 0 Å². The average molecular weight is 381 g/mol. The van der Waals surface area contributed by atoms with E-state index in [1.807, 2.05) is 66.7 Å². The Hall–Kier alpha value is -3.12. The van der Waals surface area contributed by atoms with E-state index in [9.17, 15) is 9.59 Å². The van der Waals surface area contributed by atoms with Crippen LogP contribution in [0.3, 0.4) is 0 Å². The first-order valence-corrected chi connectivity index (χ1v) is 9.31. The van der Waals surface area contributed by atoms with E-state index in [0.29, 0.717) is 17.2 Å². The van der Waals surface area contributed by atoms with E-state index in [1.54, 1.807) is 0 Å². The molecule has 138 valence electrons. The molecule has 0 atom stereocenters. The third-order valence-electron chi connectivity index (χ3n) is 3.82. The summed E-state index contributed by atoms with van der Waals surface area (Å²) in [5, 5.41) is 11.4. The predicted octanol–water partition coefficient (Wildman–Crippen LogP) is 4.20. The van der Waals surface area contributed by atoms with Gasteiger partial charge < -0.3 is 15.2 Å². The van der Waals surface area contributed by atoms with Crippen LogP contribution in [0.1, 0.15) is 21.7 Å². The average Bonchev–Trinajstić information content (AvgIpc) is 3.12. The SMILES string of the molecule is O=C(O)CCNC(=O)c1sc(-c2ccccc2)cc1OCc1ccccc1. The zero-order valence-corrected chi connectivity index (χ0v) is 15.4. The summed E-state index contributed by atoms with van der Waals surface area (Å²) in [4.78, 5) is 24.5. The highest BCUT2D eigenvalue weighted by molar-refractivity contribution is 7.17. The third-order valence-corrected chi connectivity index (χ3v) is 4.99. The lowest BCUT2D eigenvalue weighted by atomic mass is 10.2. The standard InChI is InChI=1S/C21H19NO4S/c23-19(24)11-12-22-21(25)20-17(26-14-15-7-3-1-4-8-15)13-18(27-20)16-9-5-2-6-10-16/h1-10,13H,11-12,14H2,(H,22,25)(H,23,24). The minimum atomic E-state index is -0.952. The Labute approximate surface area is 161 Å². The number of amides is 1. The molecule has 0 unspecified atom stereocenters. The number of carbonyl (C=O) groups excluding carboxylic acids is 1. The molecule has 0 aliphatic rings. The molecule has 0 saturated heterocycles. The van der Waals surface area contributed by atoms with Crippen LogP contribution in [0.4, 0.5) is 0 Å². The van der Waals surface area contributed by atoms with Gasteiger partial charge in [0, 0.05) is 11.4 Å². The largest absolute Gasteiger partial charge is 0.487 e. The molecular weight excluding hydrogens is 362 g/mol. The lowest BCUT2D eigenvalue weighted by molar-refractivity contribution is -0.136. The molecule has 1 amide bonds. The van der Waals surface area contributed by atoms with E-state index in [1.165, 1.54) is 11.3 Å². The lowest BCUT2D eigenvalue weighted by Gasteiger charge is -2.07. The number of carboxylic acids is 1. The fraction of sp³-hybridized carbons (Fsp3) is 0.143. The number of benzene rings is 2. The van der Waals surface area contributed by atoms with Crippen LogP contribution in [-0.2, 0) is 11.4 Å². The minimum absolute atomic E-state index is 0.0743. The summed E-state index contributed by atoms with van der Waals surface area (Å²) >= 11 is 1.33. The lowest BCUT2D eigenvalue weighted by Crippen LogP contribution is -2.25. The van der Waals surface area contributed by atoms with Crippen molar-refractivity contribution in [3.05, 3.63) is 77.2 Å². The number of carbonyl (C=O) groups is 2. The van der Waals surface area contributed by atoms with Crippen molar-refractivity contribution in [3.63, 3.8) is 0 Å². The third kappa shape index (κ3) is 5.18. The molecule has 2 N–H and O–H groups in total. The molecule has 0 bridgehead atoms. The van der Waals surface area contributed by atoms with Gasteiger partial charge in [0.25, 0.3) is 5.91 Å². The van der Waals surface area contributed by atoms with Crippen LogP contribution in [0.2, 0.25) is 0 Å². The van der Waals surface area contributed by atoms with Gasteiger partial charge in [-0.25, -0.2) is 0 Å². The maximum Gasteiger partial charge on any atom is 0.305 e. The second-order valence-corrected chi connectivity index (χ2v) is 6.90. The fourth-order valence-electron chi connectivity index (χ4n) is 2.48. The number of aliphatic carboxylic acids is 1. The summed E-state index contributed by atoms with van der Waals surface area (Å²) in [6, 6.07) is 21.3. The van der Waals surface area contributed by atoms with Crippen LogP contribution in [0.15, 0.2) is 66.7 Å². The Bertz CT molecular complexity index is 906. The van der Waals surface area contributed by atoms with Gasteiger partial charge in [-0.1, -0.05) is 60.7 Å². The number of rotatable bonds is 8. The molecule has 1 aromatic heterocycles. The van der Waals surface area contributed by atoms with Crippen LogP contribution in [-0.4, -0.2) is 23.5 Å². The van der Waals surface area contributed by atoms with E-state index in [4.69, 9.17) is 9.84 Å². The molecule has 27 heavy (non-hydrogen) atoms. The van der Waals surface area contributed by atoms with Crippen LogP contribution in [0.25, 0.3) is 10.4 Å². The first-order chi connectivity index (χ1) is 13.1. The maximum absolute atomic E-state index is 12.5. The van der Waals surface area contributed by atoms with E-state index < -0.39 is 5.97 Å². The second-order valence-electron chi connectivity index (χ2n) is 5.84. The van der Waals surface area contributed by atoms with Crippen molar-refractivity contribution in [3.8, 4) is 16.2 Å². The number of hydrogen-bond acceptors (Lipinski definition) is 4. The first-order valence-electron chi connectivity index (χ1n) is 8.49. The van der Waals surface area contributed by atoms with Gasteiger partial charge in [-0.15, -0.1) is 11.3 Å². The van der Waals surface area contributed by atoms with Crippen LogP contribution in [0.5, 0.6) is 5.75 Å². The number of carboxylic acid groups (broad SMARTS) is 1. The van der Waals surface area contributed by atoms with Gasteiger partial charge in [-0.3, -0.25) is 9.59 Å². The van der Waals surface area contributed by atoms with Gasteiger partial charge in [0.15, 0.2) is 0 Å². The molecule has 5 nitrogen and oxygen atoms in total. The molecule has 0 saturated carbocycles. The van der Waals surface area contributed by atoms with E-state index in [2.05, 4.69) is 5.32 Å². The first kappa shape index (κ1) is 18.7. The number of ether oxygens (including phenoxy) is 1. The molecule has 6 heteroatoms. The van der Waals surface area contributed by atoms with Crippen molar-refractivity contribution in [2.75, 3.05) is 6.54 Å². The monoisotopic (exact) mass is 381 g/mol. The van der Waals surface area contributed by atoms with Crippen molar-refractivity contribution in [1.82, 2.24) is 5.32 Å². The predicted molar refractivity (Wildman–Crippen MR) is 105 cm³/mol. The van der Waals surface area contributed by atoms with Gasteiger partial charge in [0.1, 0.15) is 17.2 Å². The van der Waals surface area contributed by atoms with Crippen LogP contribution >= 0.6 is 11.3 Å². The molecule has 0 spiro atoms. The summed E-state index contributed by atoms with van der Waals surface area (Å²) in [5.41, 5.74) is 2.00.